The normalized spacial score (nSPS) is 20.8. The van der Waals surface area contributed by atoms with Crippen LogP contribution in [-0.2, 0) is 23.9 Å². The minimum absolute atomic E-state index is 0.0692. The fourth-order valence-electron chi connectivity index (χ4n) is 2.54. The van der Waals surface area contributed by atoms with Gasteiger partial charge in [0.25, 0.3) is 0 Å². The molecule has 1 rings (SSSR count). The van der Waals surface area contributed by atoms with E-state index in [2.05, 4.69) is 0 Å². The smallest absolute Gasteiger partial charge is 0.417 e. The number of imide groups is 1. The van der Waals surface area contributed by atoms with Gasteiger partial charge in [-0.1, -0.05) is 0 Å². The van der Waals surface area contributed by atoms with Gasteiger partial charge in [-0.3, -0.25) is 9.59 Å². The predicted octanol–water partition coefficient (Wildman–Crippen LogP) is 1.96. The molecule has 1 aliphatic heterocycles. The molecular weight excluding hydrogens is 318 g/mol. The minimum Gasteiger partial charge on any atom is -0.481 e. The number of esters is 1. The lowest BCUT2D eigenvalue weighted by Gasteiger charge is -2.26. The molecule has 0 aliphatic carbocycles. The average molecular weight is 343 g/mol. The molecule has 0 radical (unpaired) electrons. The van der Waals surface area contributed by atoms with Crippen molar-refractivity contribution in [1.82, 2.24) is 4.90 Å². The summed E-state index contributed by atoms with van der Waals surface area (Å²) in [4.78, 5) is 48.3. The van der Waals surface area contributed by atoms with Crippen LogP contribution in [0.1, 0.15) is 53.4 Å². The van der Waals surface area contributed by atoms with Crippen LogP contribution in [0.2, 0.25) is 0 Å². The number of likely N-dealkylation sites (tertiary alicyclic amines) is 1. The number of carbonyl (C=O) groups is 4. The van der Waals surface area contributed by atoms with Crippen LogP contribution in [0.25, 0.3) is 0 Å². The van der Waals surface area contributed by atoms with Crippen LogP contribution in [0.5, 0.6) is 0 Å². The molecule has 1 saturated heterocycles. The topological polar surface area (TPSA) is 110 Å². The average Bonchev–Trinajstić information content (AvgIpc) is 2.74. The molecule has 2 amide bonds. The van der Waals surface area contributed by atoms with Crippen molar-refractivity contribution >= 4 is 23.9 Å². The van der Waals surface area contributed by atoms with Crippen molar-refractivity contribution in [2.75, 3.05) is 6.61 Å². The molecule has 1 N–H and O–H groups in total. The van der Waals surface area contributed by atoms with Crippen molar-refractivity contribution in [1.29, 1.82) is 0 Å². The second-order valence-electron chi connectivity index (χ2n) is 6.68. The minimum atomic E-state index is -1.03. The third-order valence-corrected chi connectivity index (χ3v) is 3.50. The molecule has 0 aromatic rings. The molecule has 1 aliphatic rings. The number of hydrogen-bond acceptors (Lipinski definition) is 6. The molecule has 24 heavy (non-hydrogen) atoms. The van der Waals surface area contributed by atoms with Gasteiger partial charge in [0.15, 0.2) is 0 Å². The zero-order valence-electron chi connectivity index (χ0n) is 14.5. The van der Waals surface area contributed by atoms with Gasteiger partial charge in [-0.05, 0) is 47.0 Å². The lowest BCUT2D eigenvalue weighted by atomic mass is 9.98. The maximum atomic E-state index is 12.5. The molecule has 2 atom stereocenters. The van der Waals surface area contributed by atoms with E-state index >= 15 is 0 Å². The Morgan fingerprint density at radius 2 is 1.92 bits per heavy atom. The van der Waals surface area contributed by atoms with Crippen molar-refractivity contribution in [3.8, 4) is 0 Å². The van der Waals surface area contributed by atoms with E-state index in [1.807, 2.05) is 0 Å². The standard InChI is InChI=1S/C16H25NO7/c1-5-23-14(21)11-9-10(7-6-8-12(18)19)13(20)17(11)15(22)24-16(2,3)4/h10-11H,5-9H2,1-4H3,(H,18,19)/t10-,11-/m1/s1. The molecule has 0 aromatic carbocycles. The Balaban J connectivity index is 2.89. The van der Waals surface area contributed by atoms with Gasteiger partial charge >= 0.3 is 18.0 Å². The van der Waals surface area contributed by atoms with Gasteiger partial charge in [0, 0.05) is 12.3 Å². The third-order valence-electron chi connectivity index (χ3n) is 3.50. The lowest BCUT2D eigenvalue weighted by molar-refractivity contribution is -0.151. The molecule has 0 bridgehead atoms. The first-order valence-corrected chi connectivity index (χ1v) is 8.01. The maximum Gasteiger partial charge on any atom is 0.417 e. The van der Waals surface area contributed by atoms with E-state index < -0.39 is 41.5 Å². The molecule has 0 unspecified atom stereocenters. The molecule has 8 nitrogen and oxygen atoms in total. The van der Waals surface area contributed by atoms with E-state index in [4.69, 9.17) is 14.6 Å². The third kappa shape index (κ3) is 5.50. The highest BCUT2D eigenvalue weighted by molar-refractivity contribution is 6.00. The van der Waals surface area contributed by atoms with Crippen molar-refractivity contribution in [2.24, 2.45) is 5.92 Å². The van der Waals surface area contributed by atoms with Gasteiger partial charge in [-0.2, -0.15) is 0 Å². The lowest BCUT2D eigenvalue weighted by Crippen LogP contribution is -2.46. The number of aliphatic carboxylic acids is 1. The van der Waals surface area contributed by atoms with E-state index in [1.54, 1.807) is 27.7 Å². The Bertz CT molecular complexity index is 509. The number of carbonyl (C=O) groups excluding carboxylic acids is 3. The van der Waals surface area contributed by atoms with Crippen molar-refractivity contribution in [2.45, 2.75) is 65.0 Å². The van der Waals surface area contributed by atoms with Gasteiger partial charge in [0.1, 0.15) is 11.6 Å². The first kappa shape index (κ1) is 19.9. The second kappa shape index (κ2) is 8.12. The van der Waals surface area contributed by atoms with Gasteiger partial charge < -0.3 is 14.6 Å². The zero-order chi connectivity index (χ0) is 18.5. The largest absolute Gasteiger partial charge is 0.481 e. The fraction of sp³-hybridized carbons (Fsp3) is 0.750. The van der Waals surface area contributed by atoms with Crippen LogP contribution in [-0.4, -0.2) is 52.2 Å². The Labute approximate surface area is 141 Å². The molecule has 0 aromatic heterocycles. The summed E-state index contributed by atoms with van der Waals surface area (Å²) < 4.78 is 10.1. The molecular formula is C16H25NO7. The molecule has 0 spiro atoms. The van der Waals surface area contributed by atoms with Crippen molar-refractivity contribution in [3.05, 3.63) is 0 Å². The van der Waals surface area contributed by atoms with E-state index in [-0.39, 0.29) is 19.4 Å². The Kier molecular flexibility index (Phi) is 6.74. The molecule has 1 fully saturated rings. The van der Waals surface area contributed by atoms with E-state index in [0.29, 0.717) is 12.8 Å². The fourth-order valence-corrected chi connectivity index (χ4v) is 2.54. The Morgan fingerprint density at radius 3 is 2.42 bits per heavy atom. The van der Waals surface area contributed by atoms with Crippen LogP contribution in [0.4, 0.5) is 4.79 Å². The highest BCUT2D eigenvalue weighted by atomic mass is 16.6. The zero-order valence-corrected chi connectivity index (χ0v) is 14.5. The summed E-state index contributed by atoms with van der Waals surface area (Å²) in [5.41, 5.74) is -0.808. The number of nitrogens with zero attached hydrogens (tertiary/aromatic N) is 1. The number of rotatable bonds is 6. The molecule has 0 saturated carbocycles. The van der Waals surface area contributed by atoms with Crippen LogP contribution in [0, 0.1) is 5.92 Å². The number of hydrogen-bond donors (Lipinski definition) is 1. The molecule has 1 heterocycles. The SMILES string of the molecule is CCOC(=O)[C@H]1C[C@@H](CCCC(=O)O)C(=O)N1C(=O)OC(C)(C)C. The summed E-state index contributed by atoms with van der Waals surface area (Å²) in [7, 11) is 0. The highest BCUT2D eigenvalue weighted by Gasteiger charge is 2.48. The maximum absolute atomic E-state index is 12.5. The van der Waals surface area contributed by atoms with Crippen molar-refractivity contribution < 1.29 is 33.8 Å². The van der Waals surface area contributed by atoms with Gasteiger partial charge in [0.05, 0.1) is 6.61 Å². The van der Waals surface area contributed by atoms with Crippen LogP contribution in [0.3, 0.4) is 0 Å². The predicted molar refractivity (Wildman–Crippen MR) is 83.1 cm³/mol. The summed E-state index contributed by atoms with van der Waals surface area (Å²) in [5.74, 6) is -2.72. The number of amides is 2. The Hall–Kier alpha value is -2.12. The van der Waals surface area contributed by atoms with Crippen LogP contribution < -0.4 is 0 Å². The number of carboxylic acids is 1. The van der Waals surface area contributed by atoms with E-state index in [1.165, 1.54) is 0 Å². The van der Waals surface area contributed by atoms with Crippen LogP contribution >= 0.6 is 0 Å². The monoisotopic (exact) mass is 343 g/mol. The number of ether oxygens (including phenoxy) is 2. The summed E-state index contributed by atoms with van der Waals surface area (Å²) in [5, 5.41) is 8.69. The molecule has 136 valence electrons. The quantitative estimate of drug-likeness (QED) is 0.734. The van der Waals surface area contributed by atoms with Gasteiger partial charge in [-0.25, -0.2) is 14.5 Å². The van der Waals surface area contributed by atoms with E-state index in [0.717, 1.165) is 4.90 Å². The first-order valence-electron chi connectivity index (χ1n) is 8.01. The summed E-state index contributed by atoms with van der Waals surface area (Å²) in [6, 6.07) is -1.03. The van der Waals surface area contributed by atoms with Gasteiger partial charge in [-0.15, -0.1) is 0 Å². The van der Waals surface area contributed by atoms with Gasteiger partial charge in [0.2, 0.25) is 5.91 Å². The summed E-state index contributed by atoms with van der Waals surface area (Å²) in [6.07, 6.45) is -0.244. The van der Waals surface area contributed by atoms with Crippen molar-refractivity contribution in [3.63, 3.8) is 0 Å². The first-order chi connectivity index (χ1) is 11.1. The number of carboxylic acid groups (broad SMARTS) is 1. The Morgan fingerprint density at radius 1 is 1.29 bits per heavy atom. The second-order valence-corrected chi connectivity index (χ2v) is 6.68. The summed E-state index contributed by atoms with van der Waals surface area (Å²) in [6.45, 7) is 6.76. The molecule has 8 heteroatoms. The highest BCUT2D eigenvalue weighted by Crippen LogP contribution is 2.31. The van der Waals surface area contributed by atoms with E-state index in [9.17, 15) is 19.2 Å². The van der Waals surface area contributed by atoms with Crippen LogP contribution in [0.15, 0.2) is 0 Å². The summed E-state index contributed by atoms with van der Waals surface area (Å²) >= 11 is 0.